The Morgan fingerprint density at radius 3 is 1.09 bits per heavy atom. The molecule has 0 radical (unpaired) electrons. The molecule has 0 saturated heterocycles. The SMILES string of the molecule is N#Cc1c(-n2c3ccccc3c3ccccc32)c(C#N)c(-n2c3ccccc3c3ccccc32)c(-n2c3ccc(-c4c(-c5ccccc5)cccc4-c4ccccc4)cc3c3ccc4c5ccccc5sc4c32)c1-n1c2ccccc2c2ccccc21. The van der Waals surface area contributed by atoms with Crippen LogP contribution in [0.25, 0.3) is 164 Å². The zero-order chi connectivity index (χ0) is 57.4. The van der Waals surface area contributed by atoms with Gasteiger partial charge in [-0.25, -0.2) is 0 Å². The van der Waals surface area contributed by atoms with Crippen LogP contribution in [0.1, 0.15) is 11.1 Å². The Bertz CT molecular complexity index is 5660. The minimum absolute atomic E-state index is 0.364. The van der Waals surface area contributed by atoms with Crippen molar-refractivity contribution in [3.63, 3.8) is 0 Å². The molecule has 87 heavy (non-hydrogen) atoms. The summed E-state index contributed by atoms with van der Waals surface area (Å²) in [6, 6.07) is 105. The summed E-state index contributed by atoms with van der Waals surface area (Å²) in [5, 5.41) is 36.2. The Labute approximate surface area is 502 Å². The molecule has 0 unspecified atom stereocenters. The van der Waals surface area contributed by atoms with E-state index in [0.29, 0.717) is 33.9 Å². The summed E-state index contributed by atoms with van der Waals surface area (Å²) in [5.41, 5.74) is 17.4. The van der Waals surface area contributed by atoms with E-state index in [1.165, 1.54) is 10.1 Å². The third-order valence-corrected chi connectivity index (χ3v) is 19.2. The van der Waals surface area contributed by atoms with E-state index in [0.717, 1.165) is 131 Å². The lowest BCUT2D eigenvalue weighted by molar-refractivity contribution is 1.02. The monoisotopic (exact) mass is 1120 g/mol. The van der Waals surface area contributed by atoms with E-state index >= 15 is 0 Å². The number of rotatable bonds is 7. The third kappa shape index (κ3) is 6.89. The fraction of sp³-hybridized carbons (Fsp3) is 0. The van der Waals surface area contributed by atoms with Crippen molar-refractivity contribution < 1.29 is 0 Å². The van der Waals surface area contributed by atoms with Gasteiger partial charge in [0.2, 0.25) is 0 Å². The van der Waals surface area contributed by atoms with Crippen molar-refractivity contribution in [2.75, 3.05) is 0 Å². The summed E-state index contributed by atoms with van der Waals surface area (Å²) in [7, 11) is 0. The molecule has 7 heteroatoms. The molecule has 18 aromatic rings. The van der Waals surface area contributed by atoms with Crippen LogP contribution in [-0.2, 0) is 0 Å². The van der Waals surface area contributed by atoms with Gasteiger partial charge in [-0.3, -0.25) is 0 Å². The van der Waals surface area contributed by atoms with Gasteiger partial charge in [0.15, 0.2) is 0 Å². The van der Waals surface area contributed by atoms with Crippen molar-refractivity contribution >= 4 is 119 Å². The van der Waals surface area contributed by atoms with Crippen molar-refractivity contribution in [3.05, 3.63) is 290 Å². The van der Waals surface area contributed by atoms with E-state index in [1.807, 2.05) is 0 Å². The summed E-state index contributed by atoms with van der Waals surface area (Å²) in [6.07, 6.45) is 0. The lowest BCUT2D eigenvalue weighted by Gasteiger charge is -2.27. The van der Waals surface area contributed by atoms with Gasteiger partial charge in [-0.1, -0.05) is 224 Å². The molecule has 0 aliphatic heterocycles. The van der Waals surface area contributed by atoms with Crippen molar-refractivity contribution in [2.45, 2.75) is 0 Å². The molecule has 0 aliphatic carbocycles. The summed E-state index contributed by atoms with van der Waals surface area (Å²) in [5.74, 6) is 0. The van der Waals surface area contributed by atoms with Gasteiger partial charge in [-0.05, 0) is 88.0 Å². The maximum atomic E-state index is 12.8. The summed E-state index contributed by atoms with van der Waals surface area (Å²) < 4.78 is 11.6. The van der Waals surface area contributed by atoms with Crippen LogP contribution in [-0.4, -0.2) is 18.3 Å². The lowest BCUT2D eigenvalue weighted by Crippen LogP contribution is -2.17. The molecule has 6 nitrogen and oxygen atoms in total. The summed E-state index contributed by atoms with van der Waals surface area (Å²) in [6.45, 7) is 0. The number of thiophene rings is 1. The predicted octanol–water partition coefficient (Wildman–Crippen LogP) is 21.2. The van der Waals surface area contributed by atoms with Gasteiger partial charge in [0, 0.05) is 58.6 Å². The molecule has 0 fully saturated rings. The number of fused-ring (bicyclic) bond motifs is 16. The highest BCUT2D eigenvalue weighted by Crippen LogP contribution is 2.52. The largest absolute Gasteiger partial charge is 0.306 e. The summed E-state index contributed by atoms with van der Waals surface area (Å²) in [4.78, 5) is 0. The first-order valence-corrected chi connectivity index (χ1v) is 30.1. The number of hydrogen-bond acceptors (Lipinski definition) is 3. The number of nitriles is 2. The molecule has 402 valence electrons. The first-order chi connectivity index (χ1) is 43.2. The molecule has 18 rings (SSSR count). The highest BCUT2D eigenvalue weighted by Gasteiger charge is 2.35. The number of para-hydroxylation sites is 6. The van der Waals surface area contributed by atoms with E-state index in [-0.39, 0.29) is 0 Å². The van der Waals surface area contributed by atoms with Crippen LogP contribution in [0, 0.1) is 22.7 Å². The Balaban J connectivity index is 1.12. The molecule has 0 saturated carbocycles. The van der Waals surface area contributed by atoms with Crippen LogP contribution in [0.4, 0.5) is 0 Å². The third-order valence-electron chi connectivity index (χ3n) is 18.0. The average Bonchev–Trinajstić information content (AvgIpc) is 1.60. The van der Waals surface area contributed by atoms with Gasteiger partial charge in [0.05, 0.1) is 71.6 Å². The highest BCUT2D eigenvalue weighted by atomic mass is 32.1. The second-order valence-corrected chi connectivity index (χ2v) is 23.5. The predicted molar refractivity (Wildman–Crippen MR) is 362 cm³/mol. The zero-order valence-electron chi connectivity index (χ0n) is 46.6. The Morgan fingerprint density at radius 1 is 0.264 bits per heavy atom. The molecule has 0 amide bonds. The number of hydrogen-bond donors (Lipinski definition) is 0. The maximum Gasteiger partial charge on any atom is 0.104 e. The van der Waals surface area contributed by atoms with Gasteiger partial charge in [0.1, 0.15) is 23.3 Å². The highest BCUT2D eigenvalue weighted by molar-refractivity contribution is 7.26. The van der Waals surface area contributed by atoms with Gasteiger partial charge in [0.25, 0.3) is 0 Å². The van der Waals surface area contributed by atoms with Crippen molar-refractivity contribution in [1.82, 2.24) is 18.3 Å². The van der Waals surface area contributed by atoms with Crippen LogP contribution < -0.4 is 0 Å². The minimum atomic E-state index is 0.364. The van der Waals surface area contributed by atoms with Crippen molar-refractivity contribution in [2.24, 2.45) is 0 Å². The molecule has 0 aliphatic rings. The lowest BCUT2D eigenvalue weighted by atomic mass is 9.87. The van der Waals surface area contributed by atoms with Crippen LogP contribution >= 0.6 is 11.3 Å². The molecule has 0 bridgehead atoms. The first kappa shape index (κ1) is 48.8. The van der Waals surface area contributed by atoms with Gasteiger partial charge in [-0.2, -0.15) is 10.5 Å². The second kappa shape index (κ2) is 18.9. The van der Waals surface area contributed by atoms with Crippen molar-refractivity contribution in [1.29, 1.82) is 10.5 Å². The van der Waals surface area contributed by atoms with E-state index in [1.54, 1.807) is 11.3 Å². The maximum absolute atomic E-state index is 12.8. The second-order valence-electron chi connectivity index (χ2n) is 22.4. The normalized spacial score (nSPS) is 11.9. The van der Waals surface area contributed by atoms with Crippen molar-refractivity contribution in [3.8, 4) is 68.3 Å². The van der Waals surface area contributed by atoms with E-state index in [9.17, 15) is 10.5 Å². The topological polar surface area (TPSA) is 67.3 Å². The van der Waals surface area contributed by atoms with E-state index < -0.39 is 0 Å². The zero-order valence-corrected chi connectivity index (χ0v) is 47.5. The fourth-order valence-corrected chi connectivity index (χ4v) is 15.8. The fourth-order valence-electron chi connectivity index (χ4n) is 14.5. The molecule has 0 atom stereocenters. The van der Waals surface area contributed by atoms with Crippen LogP contribution in [0.3, 0.4) is 0 Å². The number of benzene rings is 13. The average molecular weight is 1120 g/mol. The number of aromatic nitrogens is 4. The molecule has 13 aromatic carbocycles. The van der Waals surface area contributed by atoms with Crippen LogP contribution in [0.15, 0.2) is 279 Å². The quantitative estimate of drug-likeness (QED) is 0.160. The molecule has 5 heterocycles. The Morgan fingerprint density at radius 2 is 0.644 bits per heavy atom. The Kier molecular flexibility index (Phi) is 10.6. The standard InChI is InChI=1S/C80H46N6S/c81-47-64-75(83-66-35-14-7-26-54(66)55-27-8-15-36-67(55)83)65(48-82)77(85-70-39-18-11-30-58(70)59-31-12-19-40-71(59)85)79(76(64)84-68-37-16-9-28-56(68)57-29-10-17-38-69(57)84)86-72-45-42-51(46-63(72)61-43-44-62-60-32-13-20-41-73(60)87-80(62)78(61)86)74-52(49-22-3-1-4-23-49)33-21-34-53(74)50-24-5-2-6-25-50/h1-46H. The summed E-state index contributed by atoms with van der Waals surface area (Å²) >= 11 is 1.79. The Hall–Kier alpha value is -11.7. The minimum Gasteiger partial charge on any atom is -0.306 e. The van der Waals surface area contributed by atoms with Gasteiger partial charge < -0.3 is 18.3 Å². The van der Waals surface area contributed by atoms with Gasteiger partial charge >= 0.3 is 0 Å². The van der Waals surface area contributed by atoms with E-state index in [4.69, 9.17) is 0 Å². The molecule has 0 spiro atoms. The van der Waals surface area contributed by atoms with Crippen LogP contribution in [0.2, 0.25) is 0 Å². The molecular formula is C80H46N6S. The van der Waals surface area contributed by atoms with Crippen LogP contribution in [0.5, 0.6) is 0 Å². The smallest absolute Gasteiger partial charge is 0.104 e. The molecule has 5 aromatic heterocycles. The molecule has 0 N–H and O–H groups in total. The van der Waals surface area contributed by atoms with Gasteiger partial charge in [-0.15, -0.1) is 11.3 Å². The van der Waals surface area contributed by atoms with E-state index in [2.05, 4.69) is 309 Å². The molecular weight excluding hydrogens is 1080 g/mol. The number of nitrogens with zero attached hydrogens (tertiary/aromatic N) is 6. The first-order valence-electron chi connectivity index (χ1n) is 29.3.